The van der Waals surface area contributed by atoms with Gasteiger partial charge in [-0.15, -0.1) is 0 Å². The maximum Gasteiger partial charge on any atom is 0.168 e. The zero-order valence-electron chi connectivity index (χ0n) is 8.83. The molecule has 2 aliphatic heterocycles. The van der Waals surface area contributed by atoms with Gasteiger partial charge in [-0.1, -0.05) is 11.2 Å². The second-order valence-electron chi connectivity index (χ2n) is 3.94. The van der Waals surface area contributed by atoms with Gasteiger partial charge in [-0.3, -0.25) is 0 Å². The average Bonchev–Trinajstić information content (AvgIpc) is 2.83. The molecule has 4 rings (SSSR count). The summed E-state index contributed by atoms with van der Waals surface area (Å²) >= 11 is 0. The van der Waals surface area contributed by atoms with Gasteiger partial charge in [0.2, 0.25) is 0 Å². The van der Waals surface area contributed by atoms with Crippen molar-refractivity contribution in [3.63, 3.8) is 0 Å². The first-order valence-corrected chi connectivity index (χ1v) is 5.30. The van der Waals surface area contributed by atoms with E-state index in [-0.39, 0.29) is 0 Å². The van der Waals surface area contributed by atoms with Crippen molar-refractivity contribution in [2.45, 2.75) is 0 Å². The Morgan fingerprint density at radius 1 is 1.18 bits per heavy atom. The smallest absolute Gasteiger partial charge is 0.168 e. The van der Waals surface area contributed by atoms with Crippen LogP contribution in [0.15, 0.2) is 53.3 Å². The van der Waals surface area contributed by atoms with E-state index in [1.807, 2.05) is 18.3 Å². The van der Waals surface area contributed by atoms with Crippen LogP contribution in [0.3, 0.4) is 0 Å². The van der Waals surface area contributed by atoms with Gasteiger partial charge in [0.15, 0.2) is 5.58 Å². The van der Waals surface area contributed by atoms with Crippen molar-refractivity contribution in [1.29, 1.82) is 0 Å². The lowest BCUT2D eigenvalue weighted by atomic mass is 10.0. The third kappa shape index (κ3) is 1.15. The molecule has 0 spiro atoms. The topological polar surface area (TPSA) is 38.5 Å². The van der Waals surface area contributed by atoms with E-state index in [9.17, 15) is 0 Å². The summed E-state index contributed by atoms with van der Waals surface area (Å²) in [6.07, 6.45) is 11.1. The maximum absolute atomic E-state index is 5.19. The minimum atomic E-state index is 0.790. The molecule has 0 bridgehead atoms. The molecular formula is C13H8N2O2. The Kier molecular flexibility index (Phi) is 1.53. The summed E-state index contributed by atoms with van der Waals surface area (Å²) in [5.41, 5.74) is 4.00. The molecule has 0 fully saturated rings. The molecule has 0 N–H and O–H groups in total. The monoisotopic (exact) mass is 224 g/mol. The van der Waals surface area contributed by atoms with E-state index in [1.165, 1.54) is 0 Å². The van der Waals surface area contributed by atoms with Gasteiger partial charge in [0, 0.05) is 17.7 Å². The highest BCUT2D eigenvalue weighted by molar-refractivity contribution is 5.89. The number of hydrogen-bond acceptors (Lipinski definition) is 4. The van der Waals surface area contributed by atoms with Gasteiger partial charge in [-0.2, -0.15) is 0 Å². The van der Waals surface area contributed by atoms with Crippen molar-refractivity contribution >= 4 is 22.7 Å². The molecule has 1 aromatic carbocycles. The molecule has 4 heteroatoms. The summed E-state index contributed by atoms with van der Waals surface area (Å²) in [4.78, 5) is 2.06. The fraction of sp³-hybridized carbons (Fsp3) is 0. The number of allylic oxidation sites excluding steroid dienone is 1. The van der Waals surface area contributed by atoms with Crippen LogP contribution in [0.1, 0.15) is 5.56 Å². The predicted molar refractivity (Wildman–Crippen MR) is 63.8 cm³/mol. The van der Waals surface area contributed by atoms with Gasteiger partial charge in [0.25, 0.3) is 0 Å². The van der Waals surface area contributed by atoms with Crippen LogP contribution < -0.4 is 4.90 Å². The Bertz CT molecular complexity index is 695. The summed E-state index contributed by atoms with van der Waals surface area (Å²) in [7, 11) is 0. The number of benzene rings is 1. The SMILES string of the molecule is C1=CN2C(=CO1)C=Cc1cc3cnoc3cc12. The number of nitrogens with zero attached hydrogens (tertiary/aromatic N) is 2. The van der Waals surface area contributed by atoms with Crippen LogP contribution in [-0.2, 0) is 4.74 Å². The number of rotatable bonds is 0. The minimum Gasteiger partial charge on any atom is -0.469 e. The lowest BCUT2D eigenvalue weighted by Gasteiger charge is -2.28. The summed E-state index contributed by atoms with van der Waals surface area (Å²) in [5, 5.41) is 4.81. The maximum atomic E-state index is 5.19. The molecule has 0 saturated heterocycles. The standard InChI is InChI=1S/C13H8N2O2/c1-2-11-8-16-4-3-15(11)12-6-13-10(5-9(1)12)7-14-17-13/h1-8H. The molecule has 0 atom stereocenters. The van der Waals surface area contributed by atoms with E-state index in [1.54, 1.807) is 18.7 Å². The van der Waals surface area contributed by atoms with Gasteiger partial charge in [0.1, 0.15) is 12.5 Å². The number of anilines is 1. The van der Waals surface area contributed by atoms with E-state index in [0.717, 1.165) is 27.9 Å². The number of hydrogen-bond donors (Lipinski definition) is 0. The van der Waals surface area contributed by atoms with Gasteiger partial charge in [-0.05, 0) is 17.7 Å². The highest BCUT2D eigenvalue weighted by Crippen LogP contribution is 2.35. The van der Waals surface area contributed by atoms with Crippen molar-refractivity contribution < 1.29 is 9.26 Å². The lowest BCUT2D eigenvalue weighted by Crippen LogP contribution is -2.19. The molecule has 17 heavy (non-hydrogen) atoms. The molecule has 2 aromatic rings. The van der Waals surface area contributed by atoms with Gasteiger partial charge in [0.05, 0.1) is 17.6 Å². The highest BCUT2D eigenvalue weighted by Gasteiger charge is 2.19. The Balaban J connectivity index is 2.01. The van der Waals surface area contributed by atoms with Gasteiger partial charge >= 0.3 is 0 Å². The Labute approximate surface area is 97.1 Å². The second kappa shape index (κ2) is 3.01. The molecular weight excluding hydrogens is 216 g/mol. The minimum absolute atomic E-state index is 0.790. The molecule has 3 heterocycles. The van der Waals surface area contributed by atoms with Crippen molar-refractivity contribution in [2.24, 2.45) is 0 Å². The van der Waals surface area contributed by atoms with Crippen LogP contribution in [0, 0.1) is 0 Å². The first-order chi connectivity index (χ1) is 8.42. The third-order valence-corrected chi connectivity index (χ3v) is 2.95. The van der Waals surface area contributed by atoms with E-state index >= 15 is 0 Å². The van der Waals surface area contributed by atoms with Crippen LogP contribution in [-0.4, -0.2) is 5.16 Å². The van der Waals surface area contributed by atoms with Gasteiger partial charge in [-0.25, -0.2) is 0 Å². The van der Waals surface area contributed by atoms with E-state index in [4.69, 9.17) is 9.26 Å². The van der Waals surface area contributed by atoms with Crippen molar-refractivity contribution in [3.05, 3.63) is 54.4 Å². The summed E-state index contributed by atoms with van der Waals surface area (Å²) in [6, 6.07) is 4.06. The molecule has 0 aliphatic carbocycles. The Hall–Kier alpha value is -2.49. The fourth-order valence-electron chi connectivity index (χ4n) is 2.13. The second-order valence-corrected chi connectivity index (χ2v) is 3.94. The summed E-state index contributed by atoms with van der Waals surface area (Å²) in [6.45, 7) is 0. The van der Waals surface area contributed by atoms with Crippen LogP contribution in [0.25, 0.3) is 17.0 Å². The number of ether oxygens (including phenoxy) is 1. The molecule has 4 nitrogen and oxygen atoms in total. The Morgan fingerprint density at radius 2 is 2.18 bits per heavy atom. The molecule has 2 aliphatic rings. The van der Waals surface area contributed by atoms with Crippen molar-refractivity contribution in [3.8, 4) is 0 Å². The van der Waals surface area contributed by atoms with E-state index < -0.39 is 0 Å². The zero-order chi connectivity index (χ0) is 11.2. The largest absolute Gasteiger partial charge is 0.469 e. The van der Waals surface area contributed by atoms with Crippen LogP contribution in [0.5, 0.6) is 0 Å². The average molecular weight is 224 g/mol. The van der Waals surface area contributed by atoms with Crippen LogP contribution >= 0.6 is 0 Å². The summed E-state index contributed by atoms with van der Waals surface area (Å²) < 4.78 is 10.3. The lowest BCUT2D eigenvalue weighted by molar-refractivity contribution is 0.389. The molecule has 0 unspecified atom stereocenters. The van der Waals surface area contributed by atoms with E-state index in [2.05, 4.69) is 22.2 Å². The normalized spacial score (nSPS) is 16.5. The molecule has 0 saturated carbocycles. The number of fused-ring (bicyclic) bond motifs is 4. The fourth-order valence-corrected chi connectivity index (χ4v) is 2.13. The molecule has 0 radical (unpaired) electrons. The molecule has 82 valence electrons. The summed E-state index contributed by atoms with van der Waals surface area (Å²) in [5.74, 6) is 0. The number of aromatic nitrogens is 1. The van der Waals surface area contributed by atoms with E-state index in [0.29, 0.717) is 0 Å². The van der Waals surface area contributed by atoms with Crippen molar-refractivity contribution in [1.82, 2.24) is 5.16 Å². The molecule has 0 amide bonds. The van der Waals surface area contributed by atoms with Crippen LogP contribution in [0.4, 0.5) is 5.69 Å². The van der Waals surface area contributed by atoms with Crippen LogP contribution in [0.2, 0.25) is 0 Å². The predicted octanol–water partition coefficient (Wildman–Crippen LogP) is 3.00. The highest BCUT2D eigenvalue weighted by atomic mass is 16.5. The Morgan fingerprint density at radius 3 is 3.18 bits per heavy atom. The first kappa shape index (κ1) is 8.64. The quantitative estimate of drug-likeness (QED) is 0.689. The first-order valence-electron chi connectivity index (χ1n) is 5.30. The zero-order valence-corrected chi connectivity index (χ0v) is 8.83. The van der Waals surface area contributed by atoms with Gasteiger partial charge < -0.3 is 14.2 Å². The third-order valence-electron chi connectivity index (χ3n) is 2.95. The van der Waals surface area contributed by atoms with Crippen molar-refractivity contribution in [2.75, 3.05) is 4.90 Å². The molecule has 1 aromatic heterocycles.